The summed E-state index contributed by atoms with van der Waals surface area (Å²) in [5, 5.41) is 9.47. The SMILES string of the molecule is C=C(C)OC(=O)C(C)(CCCCCCCC)c1ccc(O)cc1. The molecule has 0 saturated carbocycles. The molecule has 1 unspecified atom stereocenters. The summed E-state index contributed by atoms with van der Waals surface area (Å²) in [5.41, 5.74) is 0.160. The molecule has 0 aliphatic carbocycles. The predicted octanol–water partition coefficient (Wildman–Crippen LogP) is 5.48. The molecule has 0 amide bonds. The molecule has 1 N–H and O–H groups in total. The van der Waals surface area contributed by atoms with Gasteiger partial charge in [0.25, 0.3) is 0 Å². The van der Waals surface area contributed by atoms with Crippen molar-refractivity contribution < 1.29 is 14.6 Å². The van der Waals surface area contributed by atoms with E-state index in [0.717, 1.165) is 24.8 Å². The summed E-state index contributed by atoms with van der Waals surface area (Å²) >= 11 is 0. The van der Waals surface area contributed by atoms with Crippen LogP contribution < -0.4 is 0 Å². The predicted molar refractivity (Wildman–Crippen MR) is 94.4 cm³/mol. The van der Waals surface area contributed by atoms with Gasteiger partial charge in [0.2, 0.25) is 0 Å². The number of esters is 1. The lowest BCUT2D eigenvalue weighted by Gasteiger charge is -2.28. The number of phenolic OH excluding ortho intramolecular Hbond substituents is 1. The van der Waals surface area contributed by atoms with E-state index in [0.29, 0.717) is 5.76 Å². The fourth-order valence-electron chi connectivity index (χ4n) is 2.72. The molecule has 0 aliphatic rings. The first-order chi connectivity index (χ1) is 10.9. The van der Waals surface area contributed by atoms with E-state index < -0.39 is 5.41 Å². The minimum absolute atomic E-state index is 0.198. The highest BCUT2D eigenvalue weighted by Crippen LogP contribution is 2.33. The third kappa shape index (κ3) is 6.09. The van der Waals surface area contributed by atoms with Gasteiger partial charge in [0.1, 0.15) is 5.75 Å². The van der Waals surface area contributed by atoms with Crippen molar-refractivity contribution in [1.82, 2.24) is 0 Å². The van der Waals surface area contributed by atoms with Gasteiger partial charge < -0.3 is 9.84 Å². The average molecular weight is 318 g/mol. The number of ether oxygens (including phenoxy) is 1. The van der Waals surface area contributed by atoms with E-state index in [2.05, 4.69) is 13.5 Å². The first-order valence-corrected chi connectivity index (χ1v) is 8.57. The smallest absolute Gasteiger partial charge is 0.321 e. The van der Waals surface area contributed by atoms with Crippen LogP contribution in [0.2, 0.25) is 0 Å². The summed E-state index contributed by atoms with van der Waals surface area (Å²) in [5.74, 6) is 0.330. The molecule has 1 aromatic rings. The standard InChI is InChI=1S/C20H30O3/c1-5-6-7-8-9-10-15-20(4,19(22)23-16(2)3)17-11-13-18(21)14-12-17/h11-14,21H,2,5-10,15H2,1,3-4H3. The van der Waals surface area contributed by atoms with Gasteiger partial charge in [-0.2, -0.15) is 0 Å². The van der Waals surface area contributed by atoms with Crippen molar-refractivity contribution in [2.75, 3.05) is 0 Å². The Bertz CT molecular complexity index is 504. The van der Waals surface area contributed by atoms with E-state index in [-0.39, 0.29) is 11.7 Å². The van der Waals surface area contributed by atoms with E-state index in [9.17, 15) is 9.90 Å². The number of aromatic hydroxyl groups is 1. The van der Waals surface area contributed by atoms with Gasteiger partial charge >= 0.3 is 5.97 Å². The number of unbranched alkanes of at least 4 members (excludes halogenated alkanes) is 5. The molecule has 0 aromatic heterocycles. The van der Waals surface area contributed by atoms with Crippen molar-refractivity contribution in [3.8, 4) is 5.75 Å². The van der Waals surface area contributed by atoms with Gasteiger partial charge in [0, 0.05) is 0 Å². The summed E-state index contributed by atoms with van der Waals surface area (Å²) in [6.07, 6.45) is 7.79. The molecule has 0 heterocycles. The molecular weight excluding hydrogens is 288 g/mol. The number of rotatable bonds is 10. The fraction of sp³-hybridized carbons (Fsp3) is 0.550. The largest absolute Gasteiger partial charge is 0.508 e. The lowest BCUT2D eigenvalue weighted by atomic mass is 9.78. The molecule has 1 rings (SSSR count). The van der Waals surface area contributed by atoms with Crippen molar-refractivity contribution >= 4 is 5.97 Å². The first kappa shape index (κ1) is 19.3. The van der Waals surface area contributed by atoms with Crippen LogP contribution in [0.1, 0.15) is 71.3 Å². The second-order valence-electron chi connectivity index (χ2n) is 6.49. The van der Waals surface area contributed by atoms with Crippen LogP contribution in [0.15, 0.2) is 36.6 Å². The Hall–Kier alpha value is -1.77. The van der Waals surface area contributed by atoms with Crippen molar-refractivity contribution in [2.45, 2.75) is 71.1 Å². The Balaban J connectivity index is 2.78. The monoisotopic (exact) mass is 318 g/mol. The van der Waals surface area contributed by atoms with E-state index in [4.69, 9.17) is 4.74 Å². The molecule has 3 nitrogen and oxygen atoms in total. The lowest BCUT2D eigenvalue weighted by molar-refractivity contribution is -0.146. The van der Waals surface area contributed by atoms with E-state index in [1.165, 1.54) is 25.7 Å². The van der Waals surface area contributed by atoms with Crippen molar-refractivity contribution in [3.63, 3.8) is 0 Å². The van der Waals surface area contributed by atoms with Crippen LogP contribution in [0.4, 0.5) is 0 Å². The Morgan fingerprint density at radius 2 is 1.70 bits per heavy atom. The molecule has 0 aliphatic heterocycles. The molecule has 1 aromatic carbocycles. The number of benzene rings is 1. The van der Waals surface area contributed by atoms with E-state index in [1.807, 2.05) is 6.92 Å². The molecule has 0 spiro atoms. The molecule has 0 saturated heterocycles. The zero-order valence-corrected chi connectivity index (χ0v) is 14.7. The van der Waals surface area contributed by atoms with Crippen LogP contribution >= 0.6 is 0 Å². The molecule has 23 heavy (non-hydrogen) atoms. The molecule has 0 fully saturated rings. The van der Waals surface area contributed by atoms with Gasteiger partial charge in [-0.3, -0.25) is 4.79 Å². The van der Waals surface area contributed by atoms with Gasteiger partial charge in [-0.05, 0) is 38.0 Å². The van der Waals surface area contributed by atoms with Crippen LogP contribution in [-0.4, -0.2) is 11.1 Å². The van der Waals surface area contributed by atoms with Crippen LogP contribution in [0.5, 0.6) is 5.75 Å². The summed E-state index contributed by atoms with van der Waals surface area (Å²) in [6.45, 7) is 9.46. The van der Waals surface area contributed by atoms with Crippen molar-refractivity contribution in [2.24, 2.45) is 0 Å². The molecular formula is C20H30O3. The summed E-state index contributed by atoms with van der Waals surface area (Å²) in [7, 11) is 0. The zero-order chi connectivity index (χ0) is 17.3. The van der Waals surface area contributed by atoms with Crippen LogP contribution in [0, 0.1) is 0 Å². The first-order valence-electron chi connectivity index (χ1n) is 8.57. The molecule has 3 heteroatoms. The van der Waals surface area contributed by atoms with Crippen LogP contribution in [0.3, 0.4) is 0 Å². The normalized spacial score (nSPS) is 13.3. The number of phenols is 1. The van der Waals surface area contributed by atoms with Crippen molar-refractivity contribution in [3.05, 3.63) is 42.2 Å². The van der Waals surface area contributed by atoms with Gasteiger partial charge in [0.15, 0.2) is 0 Å². The maximum absolute atomic E-state index is 12.6. The van der Waals surface area contributed by atoms with Gasteiger partial charge in [-0.15, -0.1) is 0 Å². The van der Waals surface area contributed by atoms with Gasteiger partial charge in [-0.25, -0.2) is 0 Å². The third-order valence-electron chi connectivity index (χ3n) is 4.25. The topological polar surface area (TPSA) is 46.5 Å². The van der Waals surface area contributed by atoms with Crippen LogP contribution in [-0.2, 0) is 14.9 Å². The number of hydrogen-bond acceptors (Lipinski definition) is 3. The Kier molecular flexibility index (Phi) is 7.87. The lowest BCUT2D eigenvalue weighted by Crippen LogP contribution is -2.34. The van der Waals surface area contributed by atoms with Crippen LogP contribution in [0.25, 0.3) is 0 Å². The highest BCUT2D eigenvalue weighted by atomic mass is 16.5. The van der Waals surface area contributed by atoms with E-state index >= 15 is 0 Å². The Morgan fingerprint density at radius 3 is 2.26 bits per heavy atom. The summed E-state index contributed by atoms with van der Waals surface area (Å²) in [4.78, 5) is 12.6. The fourth-order valence-corrected chi connectivity index (χ4v) is 2.72. The molecule has 0 bridgehead atoms. The number of carbonyl (C=O) groups excluding carboxylic acids is 1. The number of carbonyl (C=O) groups is 1. The minimum Gasteiger partial charge on any atom is -0.508 e. The number of allylic oxidation sites excluding steroid dienone is 1. The quantitative estimate of drug-likeness (QED) is 0.353. The second-order valence-corrected chi connectivity index (χ2v) is 6.49. The average Bonchev–Trinajstić information content (AvgIpc) is 2.50. The minimum atomic E-state index is -0.711. The maximum atomic E-state index is 12.6. The van der Waals surface area contributed by atoms with Gasteiger partial charge in [-0.1, -0.05) is 64.2 Å². The molecule has 1 atom stereocenters. The van der Waals surface area contributed by atoms with E-state index in [1.54, 1.807) is 31.2 Å². The Labute approximate surface area is 140 Å². The highest BCUT2D eigenvalue weighted by Gasteiger charge is 2.36. The summed E-state index contributed by atoms with van der Waals surface area (Å²) < 4.78 is 5.30. The van der Waals surface area contributed by atoms with Gasteiger partial charge in [0.05, 0.1) is 11.2 Å². The third-order valence-corrected chi connectivity index (χ3v) is 4.25. The Morgan fingerprint density at radius 1 is 1.13 bits per heavy atom. The number of hydrogen-bond donors (Lipinski definition) is 1. The highest BCUT2D eigenvalue weighted by molar-refractivity contribution is 5.83. The molecule has 0 radical (unpaired) electrons. The zero-order valence-electron chi connectivity index (χ0n) is 14.7. The summed E-state index contributed by atoms with van der Waals surface area (Å²) in [6, 6.07) is 6.82. The van der Waals surface area contributed by atoms with Crippen molar-refractivity contribution in [1.29, 1.82) is 0 Å². The molecule has 128 valence electrons. The maximum Gasteiger partial charge on any atom is 0.321 e. The second kappa shape index (κ2) is 9.39.